The summed E-state index contributed by atoms with van der Waals surface area (Å²) >= 11 is 17.2. The van der Waals surface area contributed by atoms with E-state index in [9.17, 15) is 14.7 Å². The Balaban J connectivity index is 2.59. The van der Waals surface area contributed by atoms with E-state index in [4.69, 9.17) is 44.6 Å². The molecule has 0 bridgehead atoms. The summed E-state index contributed by atoms with van der Waals surface area (Å²) in [5.41, 5.74) is -2.61. The standard InChI is InChI=1S/C12H18Cl3NO5/c1-10(2,12(13,14)15)21-9(19)16-5-3-11(20,4-6-16)7-8(17)18/h20H,3-7H2,1-2H3,(H,17,18). The number of amides is 1. The van der Waals surface area contributed by atoms with Crippen LogP contribution in [0.5, 0.6) is 0 Å². The van der Waals surface area contributed by atoms with Gasteiger partial charge in [-0.05, 0) is 26.7 Å². The maximum atomic E-state index is 12.0. The number of carboxylic acid groups (broad SMARTS) is 1. The molecule has 0 aromatic carbocycles. The molecule has 0 aromatic rings. The molecule has 1 fully saturated rings. The minimum absolute atomic E-state index is 0.155. The molecule has 9 heteroatoms. The fraction of sp³-hybridized carbons (Fsp3) is 0.833. The largest absolute Gasteiger partial charge is 0.481 e. The van der Waals surface area contributed by atoms with Crippen LogP contribution in [-0.2, 0) is 9.53 Å². The second kappa shape index (κ2) is 6.36. The van der Waals surface area contributed by atoms with Gasteiger partial charge in [0.15, 0.2) is 5.60 Å². The normalized spacial score (nSPS) is 19.2. The second-order valence-corrected chi connectivity index (χ2v) is 7.94. The van der Waals surface area contributed by atoms with Crippen LogP contribution in [0.25, 0.3) is 0 Å². The summed E-state index contributed by atoms with van der Waals surface area (Å²) in [5, 5.41) is 18.8. The number of aliphatic carboxylic acids is 1. The van der Waals surface area contributed by atoms with Crippen LogP contribution in [-0.4, -0.2) is 55.3 Å². The molecule has 1 aliphatic rings. The van der Waals surface area contributed by atoms with E-state index in [-0.39, 0.29) is 32.4 Å². The molecular formula is C12H18Cl3NO5. The quantitative estimate of drug-likeness (QED) is 0.754. The number of halogens is 3. The van der Waals surface area contributed by atoms with E-state index in [1.54, 1.807) is 0 Å². The van der Waals surface area contributed by atoms with Gasteiger partial charge in [-0.3, -0.25) is 4.79 Å². The number of nitrogens with zero attached hydrogens (tertiary/aromatic N) is 1. The first-order valence-corrected chi connectivity index (χ1v) is 7.48. The average Bonchev–Trinajstić information content (AvgIpc) is 2.25. The predicted molar refractivity (Wildman–Crippen MR) is 78.9 cm³/mol. The average molecular weight is 363 g/mol. The molecule has 1 heterocycles. The number of alkyl halides is 3. The van der Waals surface area contributed by atoms with Gasteiger partial charge < -0.3 is 19.8 Å². The molecule has 2 N–H and O–H groups in total. The molecule has 0 spiro atoms. The second-order valence-electron chi connectivity index (χ2n) is 5.66. The zero-order chi connectivity index (χ0) is 16.5. The number of piperidine rings is 1. The molecule has 0 unspecified atom stereocenters. The number of carbonyl (C=O) groups excluding carboxylic acids is 1. The third-order valence-electron chi connectivity index (χ3n) is 3.46. The van der Waals surface area contributed by atoms with Gasteiger partial charge in [0, 0.05) is 13.1 Å². The van der Waals surface area contributed by atoms with E-state index < -0.39 is 27.1 Å². The number of hydrogen-bond acceptors (Lipinski definition) is 4. The molecule has 1 amide bonds. The summed E-state index contributed by atoms with van der Waals surface area (Å²) in [6.07, 6.45) is -0.704. The Labute approximate surface area is 137 Å². The van der Waals surface area contributed by atoms with Crippen LogP contribution in [0, 0.1) is 0 Å². The summed E-state index contributed by atoms with van der Waals surface area (Å²) in [5.74, 6) is -1.08. The number of hydrogen-bond donors (Lipinski definition) is 2. The number of carboxylic acids is 1. The van der Waals surface area contributed by atoms with E-state index in [1.165, 1.54) is 18.7 Å². The SMILES string of the molecule is CC(C)(OC(=O)N1CCC(O)(CC(=O)O)CC1)C(Cl)(Cl)Cl. The van der Waals surface area contributed by atoms with Gasteiger partial charge in [-0.2, -0.15) is 0 Å². The van der Waals surface area contributed by atoms with E-state index >= 15 is 0 Å². The van der Waals surface area contributed by atoms with Gasteiger partial charge in [-0.25, -0.2) is 4.79 Å². The highest BCUT2D eigenvalue weighted by Crippen LogP contribution is 2.40. The predicted octanol–water partition coefficient (Wildman–Crippen LogP) is 2.57. The minimum atomic E-state index is -1.78. The number of carbonyl (C=O) groups is 2. The summed E-state index contributed by atoms with van der Waals surface area (Å²) in [6, 6.07) is 0. The molecule has 0 atom stereocenters. The Morgan fingerprint density at radius 1 is 1.24 bits per heavy atom. The smallest absolute Gasteiger partial charge is 0.410 e. The van der Waals surface area contributed by atoms with Crippen molar-refractivity contribution in [1.82, 2.24) is 4.90 Å². The summed E-state index contributed by atoms with van der Waals surface area (Å²) in [4.78, 5) is 24.1. The Bertz CT molecular complexity index is 414. The highest BCUT2D eigenvalue weighted by molar-refractivity contribution is 6.68. The van der Waals surface area contributed by atoms with E-state index in [0.29, 0.717) is 0 Å². The molecule has 21 heavy (non-hydrogen) atoms. The Morgan fingerprint density at radius 3 is 2.10 bits per heavy atom. The maximum Gasteiger partial charge on any atom is 0.410 e. The van der Waals surface area contributed by atoms with Gasteiger partial charge in [-0.1, -0.05) is 34.8 Å². The lowest BCUT2D eigenvalue weighted by Crippen LogP contribution is -2.51. The van der Waals surface area contributed by atoms with Crippen molar-refractivity contribution in [2.75, 3.05) is 13.1 Å². The third-order valence-corrected chi connectivity index (χ3v) is 4.82. The lowest BCUT2D eigenvalue weighted by Gasteiger charge is -2.39. The molecule has 122 valence electrons. The zero-order valence-electron chi connectivity index (χ0n) is 11.7. The number of rotatable bonds is 3. The van der Waals surface area contributed by atoms with Gasteiger partial charge in [-0.15, -0.1) is 0 Å². The van der Waals surface area contributed by atoms with Crippen LogP contribution >= 0.6 is 34.8 Å². The number of likely N-dealkylation sites (tertiary alicyclic amines) is 1. The first-order valence-electron chi connectivity index (χ1n) is 6.35. The van der Waals surface area contributed by atoms with Crippen molar-refractivity contribution in [3.05, 3.63) is 0 Å². The van der Waals surface area contributed by atoms with Crippen LogP contribution in [0.3, 0.4) is 0 Å². The molecule has 1 saturated heterocycles. The monoisotopic (exact) mass is 361 g/mol. The lowest BCUT2D eigenvalue weighted by atomic mass is 9.88. The molecule has 0 saturated carbocycles. The van der Waals surface area contributed by atoms with Crippen LogP contribution in [0.2, 0.25) is 0 Å². The molecule has 0 radical (unpaired) electrons. The first-order chi connectivity index (χ1) is 9.36. The first kappa shape index (κ1) is 18.6. The van der Waals surface area contributed by atoms with Crippen molar-refractivity contribution in [2.24, 2.45) is 0 Å². The molecule has 0 aliphatic carbocycles. The fourth-order valence-corrected chi connectivity index (χ4v) is 2.02. The molecule has 0 aromatic heterocycles. The van der Waals surface area contributed by atoms with Crippen molar-refractivity contribution < 1.29 is 24.5 Å². The van der Waals surface area contributed by atoms with Crippen LogP contribution in [0.4, 0.5) is 4.79 Å². The molecule has 1 aliphatic heterocycles. The van der Waals surface area contributed by atoms with Crippen molar-refractivity contribution in [3.8, 4) is 0 Å². The Kier molecular flexibility index (Phi) is 5.64. The van der Waals surface area contributed by atoms with Crippen LogP contribution < -0.4 is 0 Å². The van der Waals surface area contributed by atoms with E-state index in [1.807, 2.05) is 0 Å². The van der Waals surface area contributed by atoms with Crippen molar-refractivity contribution in [3.63, 3.8) is 0 Å². The highest BCUT2D eigenvalue weighted by atomic mass is 35.6. The number of ether oxygens (including phenoxy) is 1. The molecular weight excluding hydrogens is 344 g/mol. The van der Waals surface area contributed by atoms with E-state index in [2.05, 4.69) is 0 Å². The summed E-state index contributed by atoms with van der Waals surface area (Å²) in [6.45, 7) is 3.31. The van der Waals surface area contributed by atoms with Crippen LogP contribution in [0.15, 0.2) is 0 Å². The lowest BCUT2D eigenvalue weighted by molar-refractivity contribution is -0.144. The minimum Gasteiger partial charge on any atom is -0.481 e. The van der Waals surface area contributed by atoms with Crippen LogP contribution in [0.1, 0.15) is 33.1 Å². The Hall–Kier alpha value is -0.430. The molecule has 6 nitrogen and oxygen atoms in total. The Morgan fingerprint density at radius 2 is 1.71 bits per heavy atom. The van der Waals surface area contributed by atoms with Gasteiger partial charge in [0.05, 0.1) is 12.0 Å². The third kappa shape index (κ3) is 5.06. The topological polar surface area (TPSA) is 87.1 Å². The summed E-state index contributed by atoms with van der Waals surface area (Å²) in [7, 11) is 0. The van der Waals surface area contributed by atoms with Gasteiger partial charge >= 0.3 is 12.1 Å². The zero-order valence-corrected chi connectivity index (χ0v) is 14.0. The van der Waals surface area contributed by atoms with Crippen molar-refractivity contribution in [1.29, 1.82) is 0 Å². The van der Waals surface area contributed by atoms with Crippen molar-refractivity contribution in [2.45, 2.75) is 48.1 Å². The summed E-state index contributed by atoms with van der Waals surface area (Å²) < 4.78 is 3.41. The van der Waals surface area contributed by atoms with Gasteiger partial charge in [0.2, 0.25) is 3.79 Å². The number of aliphatic hydroxyl groups is 1. The van der Waals surface area contributed by atoms with E-state index in [0.717, 1.165) is 0 Å². The fourth-order valence-electron chi connectivity index (χ4n) is 1.90. The van der Waals surface area contributed by atoms with Gasteiger partial charge in [0.25, 0.3) is 0 Å². The van der Waals surface area contributed by atoms with Crippen molar-refractivity contribution >= 4 is 46.9 Å². The maximum absolute atomic E-state index is 12.0. The molecule has 1 rings (SSSR count). The highest BCUT2D eigenvalue weighted by Gasteiger charge is 2.45. The van der Waals surface area contributed by atoms with Gasteiger partial charge in [0.1, 0.15) is 0 Å².